The lowest BCUT2D eigenvalue weighted by Gasteiger charge is -2.20. The molecule has 8 heteroatoms. The largest absolute Gasteiger partial charge is 0.466 e. The fourth-order valence-electron chi connectivity index (χ4n) is 2.99. The summed E-state index contributed by atoms with van der Waals surface area (Å²) in [5.41, 5.74) is 1.57. The minimum atomic E-state index is -0.776. The van der Waals surface area contributed by atoms with Gasteiger partial charge in [0, 0.05) is 0 Å². The summed E-state index contributed by atoms with van der Waals surface area (Å²) in [5, 5.41) is 10.6. The van der Waals surface area contributed by atoms with Crippen LogP contribution in [-0.2, 0) is 27.4 Å². The zero-order valence-corrected chi connectivity index (χ0v) is 17.5. The second kappa shape index (κ2) is 9.39. The Morgan fingerprint density at radius 1 is 1.10 bits per heavy atom. The number of esters is 1. The maximum Gasteiger partial charge on any atom is 0.329 e. The zero-order valence-electron chi connectivity index (χ0n) is 17.5. The first-order valence-electron chi connectivity index (χ1n) is 9.73. The van der Waals surface area contributed by atoms with Crippen LogP contribution in [-0.4, -0.2) is 28.1 Å². The Hall–Kier alpha value is -3.42. The van der Waals surface area contributed by atoms with E-state index in [1.807, 2.05) is 51.1 Å². The van der Waals surface area contributed by atoms with E-state index in [4.69, 9.17) is 13.6 Å². The molecule has 1 amide bonds. The summed E-state index contributed by atoms with van der Waals surface area (Å²) in [6.07, 6.45) is 0.188. The number of benzene rings is 1. The molecule has 0 aliphatic heterocycles. The van der Waals surface area contributed by atoms with Crippen molar-refractivity contribution >= 4 is 11.9 Å². The zero-order chi connectivity index (χ0) is 21.7. The second-order valence-corrected chi connectivity index (χ2v) is 7.39. The molecule has 0 spiro atoms. The number of nitrogens with one attached hydrogen (secondary N) is 1. The van der Waals surface area contributed by atoms with Crippen LogP contribution in [0.2, 0.25) is 0 Å². The van der Waals surface area contributed by atoms with Gasteiger partial charge in [-0.15, -0.1) is 10.2 Å². The van der Waals surface area contributed by atoms with Crippen molar-refractivity contribution in [2.24, 2.45) is 5.92 Å². The van der Waals surface area contributed by atoms with Gasteiger partial charge in [-0.3, -0.25) is 4.79 Å². The van der Waals surface area contributed by atoms with Crippen LogP contribution in [0.5, 0.6) is 0 Å². The van der Waals surface area contributed by atoms with E-state index in [0.717, 1.165) is 11.3 Å². The summed E-state index contributed by atoms with van der Waals surface area (Å²) in [6.45, 7) is 7.12. The number of rotatable bonds is 8. The van der Waals surface area contributed by atoms with E-state index in [1.165, 1.54) is 0 Å². The normalized spacial score (nSPS) is 12.0. The lowest BCUT2D eigenvalue weighted by atomic mass is 10.0. The molecule has 1 atom stereocenters. The van der Waals surface area contributed by atoms with Crippen LogP contribution in [0.1, 0.15) is 36.8 Å². The first-order chi connectivity index (χ1) is 14.3. The van der Waals surface area contributed by atoms with Gasteiger partial charge >= 0.3 is 5.97 Å². The summed E-state index contributed by atoms with van der Waals surface area (Å²) in [4.78, 5) is 24.9. The van der Waals surface area contributed by atoms with Crippen LogP contribution < -0.4 is 5.32 Å². The molecule has 3 aromatic rings. The van der Waals surface area contributed by atoms with Gasteiger partial charge in [-0.25, -0.2) is 4.79 Å². The molecule has 0 aliphatic carbocycles. The SMILES string of the molecule is Cc1cc(-c2nnc(COC(=O)[C@@H](NC(=O)Cc3ccccc3)C(C)C)o2)c(C)o1. The summed E-state index contributed by atoms with van der Waals surface area (Å²) >= 11 is 0. The first-order valence-corrected chi connectivity index (χ1v) is 9.73. The van der Waals surface area contributed by atoms with E-state index in [0.29, 0.717) is 17.2 Å². The highest BCUT2D eigenvalue weighted by molar-refractivity contribution is 5.85. The van der Waals surface area contributed by atoms with E-state index >= 15 is 0 Å². The minimum Gasteiger partial charge on any atom is -0.466 e. The molecule has 0 saturated carbocycles. The van der Waals surface area contributed by atoms with E-state index in [1.54, 1.807) is 13.0 Å². The van der Waals surface area contributed by atoms with Crippen molar-refractivity contribution in [1.82, 2.24) is 15.5 Å². The Morgan fingerprint density at radius 3 is 2.47 bits per heavy atom. The molecule has 1 aromatic carbocycles. The summed E-state index contributed by atoms with van der Waals surface area (Å²) in [7, 11) is 0. The van der Waals surface area contributed by atoms with E-state index in [-0.39, 0.29) is 30.7 Å². The molecule has 2 aromatic heterocycles. The molecule has 0 radical (unpaired) electrons. The third kappa shape index (κ3) is 5.34. The van der Waals surface area contributed by atoms with Gasteiger partial charge in [-0.2, -0.15) is 0 Å². The van der Waals surface area contributed by atoms with Gasteiger partial charge in [-0.1, -0.05) is 44.2 Å². The second-order valence-electron chi connectivity index (χ2n) is 7.39. The molecule has 0 fully saturated rings. The Bertz CT molecular complexity index is 1010. The lowest BCUT2D eigenvalue weighted by Crippen LogP contribution is -2.45. The fourth-order valence-corrected chi connectivity index (χ4v) is 2.99. The fraction of sp³-hybridized carbons (Fsp3) is 0.364. The molecule has 0 bridgehead atoms. The third-order valence-electron chi connectivity index (χ3n) is 4.52. The van der Waals surface area contributed by atoms with Crippen molar-refractivity contribution in [1.29, 1.82) is 0 Å². The maximum atomic E-state index is 12.5. The number of aryl methyl sites for hydroxylation is 2. The van der Waals surface area contributed by atoms with Crippen molar-refractivity contribution in [3.63, 3.8) is 0 Å². The molecular formula is C22H25N3O5. The van der Waals surface area contributed by atoms with Gasteiger partial charge in [0.2, 0.25) is 5.91 Å². The van der Waals surface area contributed by atoms with Gasteiger partial charge in [-0.05, 0) is 31.4 Å². The standard InChI is InChI=1S/C22H25N3O5/c1-13(2)20(23-18(26)11-16-8-6-5-7-9-16)22(27)28-12-19-24-25-21(30-19)17-10-14(3)29-15(17)4/h5-10,13,20H,11-12H2,1-4H3,(H,23,26)/t20-/m0/s1. The van der Waals surface area contributed by atoms with Crippen LogP contribution in [0, 0.1) is 19.8 Å². The number of ether oxygens (including phenoxy) is 1. The highest BCUT2D eigenvalue weighted by atomic mass is 16.5. The molecule has 0 saturated heterocycles. The monoisotopic (exact) mass is 411 g/mol. The number of furan rings is 1. The predicted molar refractivity (Wildman–Crippen MR) is 108 cm³/mol. The third-order valence-corrected chi connectivity index (χ3v) is 4.52. The van der Waals surface area contributed by atoms with Gasteiger partial charge in [0.25, 0.3) is 11.8 Å². The molecule has 30 heavy (non-hydrogen) atoms. The summed E-state index contributed by atoms with van der Waals surface area (Å²) in [6, 6.07) is 10.4. The smallest absolute Gasteiger partial charge is 0.329 e. The Labute approximate surface area is 174 Å². The first kappa shape index (κ1) is 21.3. The topological polar surface area (TPSA) is 107 Å². The Morgan fingerprint density at radius 2 is 1.83 bits per heavy atom. The number of carbonyl (C=O) groups excluding carboxylic acids is 2. The number of hydrogen-bond acceptors (Lipinski definition) is 7. The quantitative estimate of drug-likeness (QED) is 0.566. The average Bonchev–Trinajstić information content (AvgIpc) is 3.30. The predicted octanol–water partition coefficient (Wildman–Crippen LogP) is 3.37. The van der Waals surface area contributed by atoms with Crippen molar-refractivity contribution in [3.8, 4) is 11.5 Å². The number of nitrogens with zero attached hydrogens (tertiary/aromatic N) is 2. The van der Waals surface area contributed by atoms with Crippen LogP contribution in [0.15, 0.2) is 45.2 Å². The van der Waals surface area contributed by atoms with Gasteiger partial charge in [0.1, 0.15) is 17.6 Å². The van der Waals surface area contributed by atoms with E-state index in [2.05, 4.69) is 15.5 Å². The molecule has 8 nitrogen and oxygen atoms in total. The molecule has 0 unspecified atom stereocenters. The molecule has 3 rings (SSSR count). The molecule has 0 aliphatic rings. The van der Waals surface area contributed by atoms with Crippen molar-refractivity contribution in [2.75, 3.05) is 0 Å². The average molecular weight is 411 g/mol. The summed E-state index contributed by atoms with van der Waals surface area (Å²) < 4.78 is 16.3. The molecular weight excluding hydrogens is 386 g/mol. The minimum absolute atomic E-state index is 0.146. The van der Waals surface area contributed by atoms with E-state index in [9.17, 15) is 9.59 Å². The number of hydrogen-bond donors (Lipinski definition) is 1. The van der Waals surface area contributed by atoms with Gasteiger partial charge in [0.15, 0.2) is 6.61 Å². The van der Waals surface area contributed by atoms with Crippen LogP contribution in [0.3, 0.4) is 0 Å². The summed E-state index contributed by atoms with van der Waals surface area (Å²) in [5.74, 6) is 0.915. The Balaban J connectivity index is 1.58. The number of aromatic nitrogens is 2. The molecule has 1 N–H and O–H groups in total. The maximum absolute atomic E-state index is 12.5. The lowest BCUT2D eigenvalue weighted by molar-refractivity contribution is -0.151. The molecule has 158 valence electrons. The molecule has 2 heterocycles. The Kier molecular flexibility index (Phi) is 6.66. The van der Waals surface area contributed by atoms with Crippen LogP contribution >= 0.6 is 0 Å². The van der Waals surface area contributed by atoms with Gasteiger partial charge in [0.05, 0.1) is 12.0 Å². The highest BCUT2D eigenvalue weighted by Crippen LogP contribution is 2.25. The van der Waals surface area contributed by atoms with Crippen LogP contribution in [0.4, 0.5) is 0 Å². The van der Waals surface area contributed by atoms with E-state index < -0.39 is 12.0 Å². The van der Waals surface area contributed by atoms with Crippen molar-refractivity contribution in [3.05, 3.63) is 59.4 Å². The van der Waals surface area contributed by atoms with Crippen molar-refractivity contribution < 1.29 is 23.2 Å². The van der Waals surface area contributed by atoms with Crippen molar-refractivity contribution in [2.45, 2.75) is 46.8 Å². The van der Waals surface area contributed by atoms with Crippen LogP contribution in [0.25, 0.3) is 11.5 Å². The number of carbonyl (C=O) groups is 2. The van der Waals surface area contributed by atoms with Gasteiger partial charge < -0.3 is 18.9 Å². The highest BCUT2D eigenvalue weighted by Gasteiger charge is 2.26. The number of amides is 1.